The molecular weight excluding hydrogens is 355 g/mol. The van der Waals surface area contributed by atoms with Crippen LogP contribution in [0.4, 0.5) is 13.2 Å². The number of nitriles is 1. The van der Waals surface area contributed by atoms with E-state index in [-0.39, 0.29) is 22.7 Å². The first-order valence-corrected chi connectivity index (χ1v) is 8.06. The van der Waals surface area contributed by atoms with Crippen LogP contribution >= 0.6 is 11.8 Å². The third-order valence-corrected chi connectivity index (χ3v) is 4.35. The normalized spacial score (nSPS) is 12.5. The maximum atomic E-state index is 12.9. The Morgan fingerprint density at radius 2 is 2.24 bits per heavy atom. The van der Waals surface area contributed by atoms with Gasteiger partial charge in [-0.05, 0) is 37.6 Å². The molecule has 2 aromatic heterocycles. The zero-order valence-electron chi connectivity index (χ0n) is 13.3. The molecular formula is C16H14F3N3O2S. The van der Waals surface area contributed by atoms with E-state index in [9.17, 15) is 23.2 Å². The van der Waals surface area contributed by atoms with Gasteiger partial charge < -0.3 is 9.73 Å². The molecule has 25 heavy (non-hydrogen) atoms. The molecule has 2 heterocycles. The Kier molecular flexibility index (Phi) is 5.74. The summed E-state index contributed by atoms with van der Waals surface area (Å²) in [6.07, 6.45) is -3.16. The molecule has 0 aromatic carbocycles. The van der Waals surface area contributed by atoms with Crippen molar-refractivity contribution in [1.29, 1.82) is 5.26 Å². The average molecular weight is 369 g/mol. The number of hydrogen-bond donors (Lipinski definition) is 1. The number of carbonyl (C=O) groups excluding carboxylic acids is 1. The first-order valence-electron chi connectivity index (χ1n) is 7.18. The van der Waals surface area contributed by atoms with Gasteiger partial charge in [0.1, 0.15) is 22.5 Å². The maximum Gasteiger partial charge on any atom is 0.433 e. The molecule has 1 unspecified atom stereocenters. The molecule has 0 saturated carbocycles. The molecule has 2 aromatic rings. The van der Waals surface area contributed by atoms with Crippen molar-refractivity contribution >= 4 is 17.7 Å². The molecule has 0 radical (unpaired) electrons. The van der Waals surface area contributed by atoms with Crippen LogP contribution in [-0.2, 0) is 17.5 Å². The van der Waals surface area contributed by atoms with E-state index >= 15 is 0 Å². The number of pyridine rings is 1. The smallest absolute Gasteiger partial charge is 0.433 e. The van der Waals surface area contributed by atoms with E-state index in [1.165, 1.54) is 20.1 Å². The predicted octanol–water partition coefficient (Wildman–Crippen LogP) is 3.67. The zero-order valence-corrected chi connectivity index (χ0v) is 14.2. The first-order chi connectivity index (χ1) is 11.7. The molecule has 0 aliphatic carbocycles. The number of rotatable bonds is 5. The zero-order chi connectivity index (χ0) is 18.6. The van der Waals surface area contributed by atoms with E-state index in [1.54, 1.807) is 12.1 Å². The van der Waals surface area contributed by atoms with Crippen LogP contribution in [0.15, 0.2) is 33.9 Å². The van der Waals surface area contributed by atoms with Crippen LogP contribution in [-0.4, -0.2) is 16.1 Å². The van der Waals surface area contributed by atoms with Gasteiger partial charge in [0.15, 0.2) is 0 Å². The summed E-state index contributed by atoms with van der Waals surface area (Å²) < 4.78 is 43.8. The second kappa shape index (κ2) is 7.61. The van der Waals surface area contributed by atoms with Crippen LogP contribution in [0.1, 0.15) is 29.5 Å². The molecule has 0 fully saturated rings. The quantitative estimate of drug-likeness (QED) is 0.814. The summed E-state index contributed by atoms with van der Waals surface area (Å²) in [5.74, 6) is 0.151. The second-order valence-corrected chi connectivity index (χ2v) is 6.50. The van der Waals surface area contributed by atoms with Gasteiger partial charge >= 0.3 is 6.18 Å². The van der Waals surface area contributed by atoms with Crippen molar-refractivity contribution in [3.8, 4) is 6.07 Å². The Balaban J connectivity index is 2.16. The molecule has 0 aliphatic heterocycles. The van der Waals surface area contributed by atoms with Gasteiger partial charge in [0.05, 0.1) is 23.6 Å². The number of nitrogens with one attached hydrogen (secondary N) is 1. The Labute approximate surface area is 146 Å². The van der Waals surface area contributed by atoms with Crippen LogP contribution in [0.25, 0.3) is 0 Å². The van der Waals surface area contributed by atoms with Crippen molar-refractivity contribution in [3.05, 3.63) is 47.0 Å². The van der Waals surface area contributed by atoms with Crippen molar-refractivity contribution in [1.82, 2.24) is 10.3 Å². The van der Waals surface area contributed by atoms with Gasteiger partial charge in [-0.15, -0.1) is 0 Å². The fraction of sp³-hybridized carbons (Fsp3) is 0.312. The number of thioether (sulfide) groups is 1. The fourth-order valence-corrected chi connectivity index (χ4v) is 2.96. The molecule has 9 heteroatoms. The topological polar surface area (TPSA) is 78.9 Å². The summed E-state index contributed by atoms with van der Waals surface area (Å²) in [6, 6.07) is 6.03. The Morgan fingerprint density at radius 3 is 2.80 bits per heavy atom. The third kappa shape index (κ3) is 4.76. The number of halogens is 3. The molecule has 0 aliphatic rings. The number of alkyl halides is 3. The molecule has 0 spiro atoms. The van der Waals surface area contributed by atoms with E-state index in [2.05, 4.69) is 10.3 Å². The summed E-state index contributed by atoms with van der Waals surface area (Å²) >= 11 is 0.808. The number of amides is 1. The van der Waals surface area contributed by atoms with Gasteiger partial charge in [-0.3, -0.25) is 4.79 Å². The summed E-state index contributed by atoms with van der Waals surface area (Å²) in [7, 11) is 0. The Morgan fingerprint density at radius 1 is 1.52 bits per heavy atom. The van der Waals surface area contributed by atoms with Crippen LogP contribution in [0, 0.1) is 18.3 Å². The highest BCUT2D eigenvalue weighted by Crippen LogP contribution is 2.33. The van der Waals surface area contributed by atoms with Crippen molar-refractivity contribution < 1.29 is 22.4 Å². The molecule has 0 bridgehead atoms. The lowest BCUT2D eigenvalue weighted by molar-refractivity contribution is -0.141. The van der Waals surface area contributed by atoms with Gasteiger partial charge in [0.25, 0.3) is 0 Å². The molecule has 1 amide bonds. The Bertz CT molecular complexity index is 798. The first kappa shape index (κ1) is 18.9. The lowest BCUT2D eigenvalue weighted by Gasteiger charge is -2.15. The molecule has 0 saturated heterocycles. The SMILES string of the molecule is Cc1cc(C(F)(F)F)nc(SC(C)C(=O)NCc2ccco2)c1C#N. The van der Waals surface area contributed by atoms with Crippen LogP contribution in [0.2, 0.25) is 0 Å². The van der Waals surface area contributed by atoms with Gasteiger partial charge in [0, 0.05) is 0 Å². The van der Waals surface area contributed by atoms with Crippen molar-refractivity contribution in [2.45, 2.75) is 36.8 Å². The minimum absolute atomic E-state index is 0.0312. The highest BCUT2D eigenvalue weighted by Gasteiger charge is 2.34. The second-order valence-electron chi connectivity index (χ2n) is 5.17. The van der Waals surface area contributed by atoms with Crippen LogP contribution in [0.5, 0.6) is 0 Å². The van der Waals surface area contributed by atoms with Gasteiger partial charge in [-0.2, -0.15) is 18.4 Å². The monoisotopic (exact) mass is 369 g/mol. The summed E-state index contributed by atoms with van der Waals surface area (Å²) in [5.41, 5.74) is -0.895. The number of nitrogens with zero attached hydrogens (tertiary/aromatic N) is 2. The van der Waals surface area contributed by atoms with E-state index in [0.717, 1.165) is 17.8 Å². The van der Waals surface area contributed by atoms with E-state index < -0.39 is 23.0 Å². The lowest BCUT2D eigenvalue weighted by Crippen LogP contribution is -2.30. The van der Waals surface area contributed by atoms with Gasteiger partial charge in [0.2, 0.25) is 5.91 Å². The highest BCUT2D eigenvalue weighted by molar-refractivity contribution is 8.00. The van der Waals surface area contributed by atoms with Crippen molar-refractivity contribution in [3.63, 3.8) is 0 Å². The fourth-order valence-electron chi connectivity index (χ4n) is 1.96. The molecule has 2 rings (SSSR count). The predicted molar refractivity (Wildman–Crippen MR) is 84.6 cm³/mol. The van der Waals surface area contributed by atoms with E-state index in [0.29, 0.717) is 5.76 Å². The molecule has 132 valence electrons. The maximum absolute atomic E-state index is 12.9. The third-order valence-electron chi connectivity index (χ3n) is 3.26. The van der Waals surface area contributed by atoms with Gasteiger partial charge in [-0.25, -0.2) is 4.98 Å². The minimum atomic E-state index is -4.63. The molecule has 5 nitrogen and oxygen atoms in total. The summed E-state index contributed by atoms with van der Waals surface area (Å²) in [4.78, 5) is 15.6. The lowest BCUT2D eigenvalue weighted by atomic mass is 10.1. The van der Waals surface area contributed by atoms with E-state index in [1.807, 2.05) is 6.07 Å². The van der Waals surface area contributed by atoms with Crippen LogP contribution in [0.3, 0.4) is 0 Å². The van der Waals surface area contributed by atoms with Crippen molar-refractivity contribution in [2.24, 2.45) is 0 Å². The van der Waals surface area contributed by atoms with Crippen molar-refractivity contribution in [2.75, 3.05) is 0 Å². The number of hydrogen-bond acceptors (Lipinski definition) is 5. The Hall–Kier alpha value is -2.47. The minimum Gasteiger partial charge on any atom is -0.467 e. The standard InChI is InChI=1S/C16H14F3N3O2S/c1-9-6-13(16(17,18)19)22-15(12(9)7-20)25-10(2)14(23)21-8-11-4-3-5-24-11/h3-6,10H,8H2,1-2H3,(H,21,23). The summed E-state index contributed by atoms with van der Waals surface area (Å²) in [6.45, 7) is 3.10. The number of aromatic nitrogens is 1. The largest absolute Gasteiger partial charge is 0.467 e. The number of furan rings is 1. The van der Waals surface area contributed by atoms with Crippen LogP contribution < -0.4 is 5.32 Å². The number of aryl methyl sites for hydroxylation is 1. The van der Waals surface area contributed by atoms with E-state index in [4.69, 9.17) is 4.42 Å². The average Bonchev–Trinajstić information content (AvgIpc) is 3.04. The number of carbonyl (C=O) groups is 1. The molecule has 1 atom stereocenters. The highest BCUT2D eigenvalue weighted by atomic mass is 32.2. The van der Waals surface area contributed by atoms with Gasteiger partial charge in [-0.1, -0.05) is 11.8 Å². The molecule has 1 N–H and O–H groups in total. The summed E-state index contributed by atoms with van der Waals surface area (Å²) in [5, 5.41) is 10.9.